The number of hydrogen-bond donors (Lipinski definition) is 1. The highest BCUT2D eigenvalue weighted by Gasteiger charge is 2.11. The van der Waals surface area contributed by atoms with Crippen LogP contribution in [-0.4, -0.2) is 18.2 Å². The monoisotopic (exact) mass is 218 g/mol. The van der Waals surface area contributed by atoms with E-state index in [0.29, 0.717) is 5.56 Å². The zero-order chi connectivity index (χ0) is 10.7. The molecule has 1 rings (SSSR count). The summed E-state index contributed by atoms with van der Waals surface area (Å²) in [6, 6.07) is 2.48. The predicted molar refractivity (Wildman–Crippen MR) is 49.3 cm³/mol. The Morgan fingerprint density at radius 2 is 2.29 bits per heavy atom. The minimum atomic E-state index is -1.03. The summed E-state index contributed by atoms with van der Waals surface area (Å²) in [5, 5.41) is 8.36. The SMILES string of the molecule is COc1cc(CC(=O)O)cc(F)c1Cl. The first kappa shape index (κ1) is 10.8. The summed E-state index contributed by atoms with van der Waals surface area (Å²) in [6.07, 6.45) is -0.259. The van der Waals surface area contributed by atoms with Crippen molar-refractivity contribution in [3.8, 4) is 5.75 Å². The minimum Gasteiger partial charge on any atom is -0.495 e. The molecule has 14 heavy (non-hydrogen) atoms. The van der Waals surface area contributed by atoms with Gasteiger partial charge in [-0.25, -0.2) is 4.39 Å². The molecule has 76 valence electrons. The third-order valence-corrected chi connectivity index (χ3v) is 2.00. The number of carbonyl (C=O) groups is 1. The first-order chi connectivity index (χ1) is 6.54. The van der Waals surface area contributed by atoms with E-state index in [9.17, 15) is 9.18 Å². The van der Waals surface area contributed by atoms with E-state index in [-0.39, 0.29) is 17.2 Å². The van der Waals surface area contributed by atoms with Crippen LogP contribution < -0.4 is 4.74 Å². The van der Waals surface area contributed by atoms with Gasteiger partial charge in [-0.1, -0.05) is 11.6 Å². The molecule has 3 nitrogen and oxygen atoms in total. The van der Waals surface area contributed by atoms with Gasteiger partial charge >= 0.3 is 5.97 Å². The molecule has 0 atom stereocenters. The summed E-state index contributed by atoms with van der Waals surface area (Å²) in [4.78, 5) is 10.4. The van der Waals surface area contributed by atoms with Gasteiger partial charge in [-0.2, -0.15) is 0 Å². The molecule has 1 aromatic rings. The van der Waals surface area contributed by atoms with Crippen molar-refractivity contribution >= 4 is 17.6 Å². The lowest BCUT2D eigenvalue weighted by Gasteiger charge is -2.06. The standard InChI is InChI=1S/C9H8ClFO3/c1-14-7-3-5(4-8(12)13)2-6(11)9(7)10/h2-3H,4H2,1H3,(H,12,13). The number of ether oxygens (including phenoxy) is 1. The number of methoxy groups -OCH3 is 1. The van der Waals surface area contributed by atoms with E-state index in [4.69, 9.17) is 21.4 Å². The van der Waals surface area contributed by atoms with Gasteiger partial charge in [-0.05, 0) is 17.7 Å². The van der Waals surface area contributed by atoms with Crippen LogP contribution in [0.3, 0.4) is 0 Å². The highest BCUT2D eigenvalue weighted by molar-refractivity contribution is 6.32. The second kappa shape index (κ2) is 4.28. The number of halogens is 2. The van der Waals surface area contributed by atoms with E-state index in [0.717, 1.165) is 6.07 Å². The maximum Gasteiger partial charge on any atom is 0.307 e. The smallest absolute Gasteiger partial charge is 0.307 e. The number of carboxylic acids is 1. The molecule has 1 N–H and O–H groups in total. The Balaban J connectivity index is 3.09. The number of carboxylic acid groups (broad SMARTS) is 1. The third kappa shape index (κ3) is 2.35. The Morgan fingerprint density at radius 1 is 1.64 bits per heavy atom. The first-order valence-electron chi connectivity index (χ1n) is 3.78. The van der Waals surface area contributed by atoms with E-state index in [1.807, 2.05) is 0 Å². The molecule has 0 heterocycles. The van der Waals surface area contributed by atoms with Gasteiger partial charge in [0, 0.05) is 0 Å². The van der Waals surface area contributed by atoms with Crippen LogP contribution in [0.1, 0.15) is 5.56 Å². The van der Waals surface area contributed by atoms with Gasteiger partial charge in [0.25, 0.3) is 0 Å². The highest BCUT2D eigenvalue weighted by Crippen LogP contribution is 2.28. The summed E-state index contributed by atoms with van der Waals surface area (Å²) in [7, 11) is 1.34. The van der Waals surface area contributed by atoms with Crippen molar-refractivity contribution in [3.63, 3.8) is 0 Å². The lowest BCUT2D eigenvalue weighted by atomic mass is 10.1. The van der Waals surface area contributed by atoms with Crippen molar-refractivity contribution in [1.29, 1.82) is 0 Å². The summed E-state index contributed by atoms with van der Waals surface area (Å²) < 4.78 is 17.9. The van der Waals surface area contributed by atoms with Crippen LogP contribution in [0.25, 0.3) is 0 Å². The third-order valence-electron chi connectivity index (χ3n) is 1.63. The van der Waals surface area contributed by atoms with Crippen molar-refractivity contribution in [3.05, 3.63) is 28.5 Å². The lowest BCUT2D eigenvalue weighted by Crippen LogP contribution is -2.01. The summed E-state index contributed by atoms with van der Waals surface area (Å²) >= 11 is 5.55. The van der Waals surface area contributed by atoms with Crippen molar-refractivity contribution in [2.75, 3.05) is 7.11 Å². The molecule has 0 saturated heterocycles. The van der Waals surface area contributed by atoms with Gasteiger partial charge < -0.3 is 9.84 Å². The molecule has 0 amide bonds. The highest BCUT2D eigenvalue weighted by atomic mass is 35.5. The van der Waals surface area contributed by atoms with Crippen LogP contribution in [-0.2, 0) is 11.2 Å². The van der Waals surface area contributed by atoms with Crippen LogP contribution in [0, 0.1) is 5.82 Å². The lowest BCUT2D eigenvalue weighted by molar-refractivity contribution is -0.136. The van der Waals surface area contributed by atoms with E-state index in [1.54, 1.807) is 0 Å². The van der Waals surface area contributed by atoms with E-state index in [2.05, 4.69) is 0 Å². The van der Waals surface area contributed by atoms with Crippen LogP contribution in [0.2, 0.25) is 5.02 Å². The Labute approximate surface area is 85.1 Å². The number of benzene rings is 1. The average molecular weight is 219 g/mol. The van der Waals surface area contributed by atoms with Crippen LogP contribution in [0.4, 0.5) is 4.39 Å². The average Bonchev–Trinajstić information content (AvgIpc) is 2.10. The predicted octanol–water partition coefficient (Wildman–Crippen LogP) is 2.11. The van der Waals surface area contributed by atoms with Gasteiger partial charge in [-0.15, -0.1) is 0 Å². The van der Waals surface area contributed by atoms with Crippen LogP contribution in [0.5, 0.6) is 5.75 Å². The molecular formula is C9H8ClFO3. The van der Waals surface area contributed by atoms with E-state index >= 15 is 0 Å². The fraction of sp³-hybridized carbons (Fsp3) is 0.222. The van der Waals surface area contributed by atoms with Crippen molar-refractivity contribution < 1.29 is 19.0 Å². The molecule has 0 bridgehead atoms. The summed E-state index contributed by atoms with van der Waals surface area (Å²) in [5.41, 5.74) is 0.316. The van der Waals surface area contributed by atoms with Crippen LogP contribution in [0.15, 0.2) is 12.1 Å². The fourth-order valence-corrected chi connectivity index (χ4v) is 1.23. The topological polar surface area (TPSA) is 46.5 Å². The fourth-order valence-electron chi connectivity index (χ4n) is 1.04. The zero-order valence-electron chi connectivity index (χ0n) is 7.38. The van der Waals surface area contributed by atoms with Crippen molar-refractivity contribution in [2.24, 2.45) is 0 Å². The second-order valence-electron chi connectivity index (χ2n) is 2.66. The molecular weight excluding hydrogens is 211 g/mol. The molecule has 0 aliphatic heterocycles. The molecule has 0 unspecified atom stereocenters. The van der Waals surface area contributed by atoms with Crippen molar-refractivity contribution in [1.82, 2.24) is 0 Å². The normalized spacial score (nSPS) is 9.93. The second-order valence-corrected chi connectivity index (χ2v) is 3.04. The molecule has 1 aromatic carbocycles. The quantitative estimate of drug-likeness (QED) is 0.845. The minimum absolute atomic E-state index is 0.137. The molecule has 0 aliphatic carbocycles. The van der Waals surface area contributed by atoms with Gasteiger partial charge in [0.15, 0.2) is 0 Å². The summed E-state index contributed by atoms with van der Waals surface area (Å²) in [6.45, 7) is 0. The number of aliphatic carboxylic acids is 1. The van der Waals surface area contributed by atoms with Gasteiger partial charge in [0.2, 0.25) is 0 Å². The molecule has 0 fully saturated rings. The number of hydrogen-bond acceptors (Lipinski definition) is 2. The Bertz CT molecular complexity index is 365. The molecule has 0 aromatic heterocycles. The molecule has 5 heteroatoms. The number of rotatable bonds is 3. The largest absolute Gasteiger partial charge is 0.495 e. The van der Waals surface area contributed by atoms with E-state index in [1.165, 1.54) is 13.2 Å². The van der Waals surface area contributed by atoms with Crippen molar-refractivity contribution in [2.45, 2.75) is 6.42 Å². The summed E-state index contributed by atoms with van der Waals surface area (Å²) in [5.74, 6) is -1.57. The van der Waals surface area contributed by atoms with Gasteiger partial charge in [0.1, 0.15) is 16.6 Å². The first-order valence-corrected chi connectivity index (χ1v) is 4.16. The van der Waals surface area contributed by atoms with Gasteiger partial charge in [0.05, 0.1) is 13.5 Å². The van der Waals surface area contributed by atoms with E-state index < -0.39 is 11.8 Å². The maximum atomic E-state index is 13.1. The molecule has 0 radical (unpaired) electrons. The Kier molecular flexibility index (Phi) is 3.30. The molecule has 0 saturated carbocycles. The zero-order valence-corrected chi connectivity index (χ0v) is 8.14. The Hall–Kier alpha value is -1.29. The molecule has 0 aliphatic rings. The van der Waals surface area contributed by atoms with Gasteiger partial charge in [-0.3, -0.25) is 4.79 Å². The Morgan fingerprint density at radius 3 is 2.79 bits per heavy atom. The maximum absolute atomic E-state index is 13.1. The van der Waals surface area contributed by atoms with Crippen LogP contribution >= 0.6 is 11.6 Å². The molecule has 0 spiro atoms.